The van der Waals surface area contributed by atoms with E-state index in [1.165, 1.54) is 22.4 Å². The number of ether oxygens (including phenoxy) is 1. The van der Waals surface area contributed by atoms with Crippen LogP contribution in [0.1, 0.15) is 64.7 Å². The summed E-state index contributed by atoms with van der Waals surface area (Å²) in [6.07, 6.45) is 11.6. The second kappa shape index (κ2) is 7.37. The number of halogens is 1. The lowest BCUT2D eigenvalue weighted by Gasteiger charge is -2.51. The zero-order valence-corrected chi connectivity index (χ0v) is 19.2. The third-order valence-electron chi connectivity index (χ3n) is 7.57. The molecule has 6 rings (SSSR count). The SMILES string of the molecule is CCOC(=O)c1cc2c3c(c1)[C@@H]1C=CC[C@H]1[C@H](c1ccc(Br)cc1)N3C[C@H]1CC=C[C@H]21. The van der Waals surface area contributed by atoms with Gasteiger partial charge in [0.15, 0.2) is 0 Å². The van der Waals surface area contributed by atoms with Gasteiger partial charge in [-0.2, -0.15) is 0 Å². The molecular weight excluding hydrogens is 450 g/mol. The van der Waals surface area contributed by atoms with Crippen LogP contribution in [0.25, 0.3) is 0 Å². The molecule has 0 N–H and O–H groups in total. The zero-order chi connectivity index (χ0) is 21.1. The minimum atomic E-state index is -0.203. The Morgan fingerprint density at radius 1 is 1.06 bits per heavy atom. The Morgan fingerprint density at radius 3 is 2.55 bits per heavy atom. The van der Waals surface area contributed by atoms with Crippen LogP contribution in [0.5, 0.6) is 0 Å². The van der Waals surface area contributed by atoms with Crippen molar-refractivity contribution in [3.63, 3.8) is 0 Å². The molecule has 2 aromatic rings. The van der Waals surface area contributed by atoms with Gasteiger partial charge in [0.25, 0.3) is 0 Å². The summed E-state index contributed by atoms with van der Waals surface area (Å²) in [4.78, 5) is 15.4. The smallest absolute Gasteiger partial charge is 0.338 e. The molecule has 0 saturated carbocycles. The number of benzene rings is 2. The molecule has 5 atom stereocenters. The molecule has 2 aromatic carbocycles. The Morgan fingerprint density at radius 2 is 1.77 bits per heavy atom. The first-order valence-electron chi connectivity index (χ1n) is 11.4. The highest BCUT2D eigenvalue weighted by molar-refractivity contribution is 9.10. The monoisotopic (exact) mass is 475 g/mol. The maximum atomic E-state index is 12.7. The molecule has 0 amide bonds. The Hall–Kier alpha value is -2.33. The summed E-state index contributed by atoms with van der Waals surface area (Å²) >= 11 is 3.60. The van der Waals surface area contributed by atoms with Gasteiger partial charge in [-0.25, -0.2) is 4.79 Å². The molecule has 0 fully saturated rings. The van der Waals surface area contributed by atoms with Gasteiger partial charge < -0.3 is 9.64 Å². The van der Waals surface area contributed by atoms with E-state index in [0.29, 0.717) is 41.9 Å². The first-order valence-corrected chi connectivity index (χ1v) is 12.2. The second-order valence-electron chi connectivity index (χ2n) is 9.18. The van der Waals surface area contributed by atoms with E-state index in [1.807, 2.05) is 6.92 Å². The minimum absolute atomic E-state index is 0.203. The summed E-state index contributed by atoms with van der Waals surface area (Å²) < 4.78 is 6.51. The zero-order valence-electron chi connectivity index (χ0n) is 17.6. The number of rotatable bonds is 3. The van der Waals surface area contributed by atoms with E-state index >= 15 is 0 Å². The maximum Gasteiger partial charge on any atom is 0.338 e. The van der Waals surface area contributed by atoms with Crippen LogP contribution in [0.2, 0.25) is 0 Å². The van der Waals surface area contributed by atoms with Crippen molar-refractivity contribution in [2.75, 3.05) is 18.1 Å². The lowest BCUT2D eigenvalue weighted by atomic mass is 9.70. The molecule has 2 heterocycles. The van der Waals surface area contributed by atoms with E-state index in [4.69, 9.17) is 4.74 Å². The van der Waals surface area contributed by atoms with E-state index in [0.717, 1.165) is 23.9 Å². The summed E-state index contributed by atoms with van der Waals surface area (Å²) in [6, 6.07) is 13.5. The van der Waals surface area contributed by atoms with Crippen LogP contribution in [-0.4, -0.2) is 19.1 Å². The van der Waals surface area contributed by atoms with Crippen molar-refractivity contribution >= 4 is 27.6 Å². The third-order valence-corrected chi connectivity index (χ3v) is 8.10. The highest BCUT2D eigenvalue weighted by Crippen LogP contribution is 2.59. The molecule has 0 bridgehead atoms. The van der Waals surface area contributed by atoms with Crippen molar-refractivity contribution in [3.05, 3.63) is 87.4 Å². The highest BCUT2D eigenvalue weighted by Gasteiger charge is 2.48. The molecule has 31 heavy (non-hydrogen) atoms. The van der Waals surface area contributed by atoms with Gasteiger partial charge in [-0.15, -0.1) is 0 Å². The van der Waals surface area contributed by atoms with E-state index in [1.54, 1.807) is 0 Å². The summed E-state index contributed by atoms with van der Waals surface area (Å²) in [6.45, 7) is 3.34. The fourth-order valence-electron chi connectivity index (χ4n) is 6.35. The molecule has 2 aliphatic carbocycles. The van der Waals surface area contributed by atoms with Gasteiger partial charge in [0.05, 0.1) is 18.2 Å². The fraction of sp³-hybridized carbons (Fsp3) is 0.370. The lowest BCUT2D eigenvalue weighted by Crippen LogP contribution is -2.46. The lowest BCUT2D eigenvalue weighted by molar-refractivity contribution is 0.0526. The van der Waals surface area contributed by atoms with Gasteiger partial charge in [-0.1, -0.05) is 52.4 Å². The van der Waals surface area contributed by atoms with Crippen molar-refractivity contribution < 1.29 is 9.53 Å². The molecule has 158 valence electrons. The standard InChI is InChI=1S/C27H26BrNO2/c1-2-31-27(30)18-13-23-20-6-3-5-17(20)15-29-25(16-9-11-19(28)12-10-16)22-8-4-7-21(22)24(14-18)26(23)29/h3-4,6-7,9-14,17,20-22,25H,2,5,8,15H2,1H3/t17-,20+,21-,22-,25+/m1/s1. The summed E-state index contributed by atoms with van der Waals surface area (Å²) in [5, 5.41) is 0. The van der Waals surface area contributed by atoms with Gasteiger partial charge in [-0.05, 0) is 72.6 Å². The third kappa shape index (κ3) is 2.95. The normalized spacial score (nSPS) is 29.5. The Bertz CT molecular complexity index is 1090. The van der Waals surface area contributed by atoms with Crippen molar-refractivity contribution in [1.82, 2.24) is 0 Å². The first kappa shape index (κ1) is 19.4. The van der Waals surface area contributed by atoms with Crippen LogP contribution in [0.3, 0.4) is 0 Å². The number of carbonyl (C=O) groups excluding carboxylic acids is 1. The van der Waals surface area contributed by atoms with Gasteiger partial charge >= 0.3 is 5.97 Å². The number of hydrogen-bond donors (Lipinski definition) is 0. The summed E-state index contributed by atoms with van der Waals surface area (Å²) in [5.74, 6) is 1.60. The first-order chi connectivity index (χ1) is 15.2. The molecule has 0 radical (unpaired) electrons. The van der Waals surface area contributed by atoms with E-state index in [-0.39, 0.29) is 5.97 Å². The van der Waals surface area contributed by atoms with Crippen LogP contribution < -0.4 is 4.90 Å². The highest BCUT2D eigenvalue weighted by atomic mass is 79.9. The van der Waals surface area contributed by atoms with E-state index < -0.39 is 0 Å². The topological polar surface area (TPSA) is 29.5 Å². The van der Waals surface area contributed by atoms with Crippen molar-refractivity contribution in [2.24, 2.45) is 11.8 Å². The molecule has 4 heteroatoms. The van der Waals surface area contributed by atoms with Crippen LogP contribution in [0.15, 0.2) is 65.2 Å². The van der Waals surface area contributed by atoms with Crippen LogP contribution >= 0.6 is 15.9 Å². The van der Waals surface area contributed by atoms with Gasteiger partial charge in [0.1, 0.15) is 0 Å². The number of esters is 1. The van der Waals surface area contributed by atoms with Crippen molar-refractivity contribution in [2.45, 2.75) is 37.6 Å². The van der Waals surface area contributed by atoms with E-state index in [2.05, 4.69) is 81.5 Å². The average Bonchev–Trinajstić information content (AvgIpc) is 3.44. The molecule has 0 aromatic heterocycles. The Balaban J connectivity index is 1.56. The average molecular weight is 476 g/mol. The number of allylic oxidation sites excluding steroid dienone is 4. The minimum Gasteiger partial charge on any atom is -0.462 e. The molecule has 4 aliphatic rings. The van der Waals surface area contributed by atoms with Crippen molar-refractivity contribution in [3.8, 4) is 0 Å². The van der Waals surface area contributed by atoms with Gasteiger partial charge in [-0.3, -0.25) is 0 Å². The van der Waals surface area contributed by atoms with Crippen molar-refractivity contribution in [1.29, 1.82) is 0 Å². The number of hydrogen-bond acceptors (Lipinski definition) is 3. The largest absolute Gasteiger partial charge is 0.462 e. The molecule has 3 nitrogen and oxygen atoms in total. The summed E-state index contributed by atoms with van der Waals surface area (Å²) in [5.41, 5.74) is 6.08. The predicted octanol–water partition coefficient (Wildman–Crippen LogP) is 6.52. The fourth-order valence-corrected chi connectivity index (χ4v) is 6.61. The Labute approximate surface area is 191 Å². The quantitative estimate of drug-likeness (QED) is 0.373. The summed E-state index contributed by atoms with van der Waals surface area (Å²) in [7, 11) is 0. The predicted molar refractivity (Wildman–Crippen MR) is 127 cm³/mol. The maximum absolute atomic E-state index is 12.7. The van der Waals surface area contributed by atoms with Crippen LogP contribution in [-0.2, 0) is 4.74 Å². The van der Waals surface area contributed by atoms with Crippen LogP contribution in [0, 0.1) is 11.8 Å². The Kier molecular flexibility index (Phi) is 4.60. The molecule has 0 unspecified atom stereocenters. The number of anilines is 1. The number of carbonyl (C=O) groups is 1. The number of fused-ring (bicyclic) bond motifs is 4. The molecule has 2 aliphatic heterocycles. The van der Waals surface area contributed by atoms with E-state index in [9.17, 15) is 4.79 Å². The molecular formula is C27H26BrNO2. The number of nitrogens with zero attached hydrogens (tertiary/aromatic N) is 1. The molecule has 0 spiro atoms. The van der Waals surface area contributed by atoms with Gasteiger partial charge in [0, 0.05) is 28.5 Å². The second-order valence-corrected chi connectivity index (χ2v) is 10.1. The van der Waals surface area contributed by atoms with Gasteiger partial charge in [0.2, 0.25) is 0 Å². The van der Waals surface area contributed by atoms with Crippen LogP contribution in [0.4, 0.5) is 5.69 Å². The molecule has 0 saturated heterocycles.